The Hall–Kier alpha value is -1.55. The number of fused-ring (bicyclic) bond motifs is 1. The molecule has 92 valence electrons. The molecule has 17 heavy (non-hydrogen) atoms. The lowest BCUT2D eigenvalue weighted by Crippen LogP contribution is -2.14. The molecule has 1 aromatic carbocycles. The van der Waals surface area contributed by atoms with Crippen molar-refractivity contribution in [3.63, 3.8) is 0 Å². The average molecular weight is 236 g/mol. The maximum absolute atomic E-state index is 13.3. The third-order valence-electron chi connectivity index (χ3n) is 2.84. The molecule has 0 atom stereocenters. The summed E-state index contributed by atoms with van der Waals surface area (Å²) in [5, 5.41) is 0.982. The Morgan fingerprint density at radius 1 is 1.35 bits per heavy atom. The zero-order valence-electron chi connectivity index (χ0n) is 10.4. The molecule has 0 saturated carbocycles. The largest absolute Gasteiger partial charge is 0.496 e. The minimum atomic E-state index is -0.282. The molecule has 0 radical (unpaired) electrons. The van der Waals surface area contributed by atoms with Gasteiger partial charge in [0, 0.05) is 24.2 Å². The number of aromatic nitrogens is 1. The van der Waals surface area contributed by atoms with E-state index in [0.717, 1.165) is 29.4 Å². The Kier molecular flexibility index (Phi) is 3.33. The molecule has 0 amide bonds. The predicted molar refractivity (Wildman–Crippen MR) is 67.1 cm³/mol. The van der Waals surface area contributed by atoms with Gasteiger partial charge in [0.2, 0.25) is 0 Å². The Labute approximate surface area is 100 Å². The molecule has 0 spiro atoms. The van der Waals surface area contributed by atoms with Crippen LogP contribution >= 0.6 is 0 Å². The molecule has 2 rings (SSSR count). The van der Waals surface area contributed by atoms with Crippen LogP contribution in [-0.4, -0.2) is 37.6 Å². The van der Waals surface area contributed by atoms with E-state index in [0.29, 0.717) is 5.75 Å². The smallest absolute Gasteiger partial charge is 0.131 e. The van der Waals surface area contributed by atoms with Crippen molar-refractivity contribution in [1.82, 2.24) is 9.88 Å². The molecule has 0 saturated heterocycles. The number of halogens is 1. The van der Waals surface area contributed by atoms with Gasteiger partial charge in [-0.05, 0) is 32.1 Å². The lowest BCUT2D eigenvalue weighted by molar-refractivity contribution is 0.410. The lowest BCUT2D eigenvalue weighted by atomic mass is 10.1. The minimum Gasteiger partial charge on any atom is -0.496 e. The van der Waals surface area contributed by atoms with Gasteiger partial charge < -0.3 is 14.6 Å². The quantitative estimate of drug-likeness (QED) is 0.883. The van der Waals surface area contributed by atoms with Crippen molar-refractivity contribution in [2.24, 2.45) is 0 Å². The van der Waals surface area contributed by atoms with Crippen molar-refractivity contribution in [1.29, 1.82) is 0 Å². The third kappa shape index (κ3) is 2.42. The Bertz CT molecular complexity index is 519. The summed E-state index contributed by atoms with van der Waals surface area (Å²) in [6, 6.07) is 2.92. The van der Waals surface area contributed by atoms with E-state index in [9.17, 15) is 4.39 Å². The second-order valence-corrected chi connectivity index (χ2v) is 4.40. The summed E-state index contributed by atoms with van der Waals surface area (Å²) in [4.78, 5) is 5.21. The number of hydrogen-bond donors (Lipinski definition) is 1. The minimum absolute atomic E-state index is 0.282. The standard InChI is InChI=1S/C13H17FN2O/c1-16(2)5-4-9-8-15-11-6-10(14)7-12(17-3)13(9)11/h6-8,15H,4-5H2,1-3H3. The number of methoxy groups -OCH3 is 1. The molecular weight excluding hydrogens is 219 g/mol. The first-order valence-corrected chi connectivity index (χ1v) is 5.60. The molecule has 3 nitrogen and oxygen atoms in total. The summed E-state index contributed by atoms with van der Waals surface area (Å²) in [6.45, 7) is 0.952. The first kappa shape index (κ1) is 11.9. The van der Waals surface area contributed by atoms with Crippen LogP contribution in [0.3, 0.4) is 0 Å². The molecule has 1 heterocycles. The number of nitrogens with zero attached hydrogens (tertiary/aromatic N) is 1. The third-order valence-corrected chi connectivity index (χ3v) is 2.84. The van der Waals surface area contributed by atoms with Crippen LogP contribution in [0.25, 0.3) is 10.9 Å². The normalized spacial score (nSPS) is 11.4. The van der Waals surface area contributed by atoms with Crippen LogP contribution in [0.5, 0.6) is 5.75 Å². The lowest BCUT2D eigenvalue weighted by Gasteiger charge is -2.09. The number of hydrogen-bond acceptors (Lipinski definition) is 2. The highest BCUT2D eigenvalue weighted by Crippen LogP contribution is 2.30. The highest BCUT2D eigenvalue weighted by atomic mass is 19.1. The maximum atomic E-state index is 13.3. The monoisotopic (exact) mass is 236 g/mol. The summed E-state index contributed by atoms with van der Waals surface area (Å²) in [5.74, 6) is 0.311. The zero-order valence-corrected chi connectivity index (χ0v) is 10.4. The summed E-state index contributed by atoms with van der Waals surface area (Å²) in [7, 11) is 5.63. The van der Waals surface area contributed by atoms with Gasteiger partial charge in [0.25, 0.3) is 0 Å². The van der Waals surface area contributed by atoms with E-state index in [4.69, 9.17) is 4.74 Å². The number of H-pyrrole nitrogens is 1. The first-order valence-electron chi connectivity index (χ1n) is 5.60. The second kappa shape index (κ2) is 4.75. The highest BCUT2D eigenvalue weighted by Gasteiger charge is 2.11. The van der Waals surface area contributed by atoms with Gasteiger partial charge in [-0.1, -0.05) is 0 Å². The second-order valence-electron chi connectivity index (χ2n) is 4.40. The Balaban J connectivity index is 2.43. The van der Waals surface area contributed by atoms with Crippen LogP contribution in [0.4, 0.5) is 4.39 Å². The molecule has 0 aliphatic heterocycles. The fourth-order valence-electron chi connectivity index (χ4n) is 1.97. The molecule has 0 unspecified atom stereocenters. The van der Waals surface area contributed by atoms with E-state index >= 15 is 0 Å². The van der Waals surface area contributed by atoms with Crippen LogP contribution < -0.4 is 4.74 Å². The zero-order chi connectivity index (χ0) is 12.4. The number of benzene rings is 1. The van der Waals surface area contributed by atoms with E-state index in [2.05, 4.69) is 9.88 Å². The maximum Gasteiger partial charge on any atom is 0.131 e. The van der Waals surface area contributed by atoms with Gasteiger partial charge in [-0.25, -0.2) is 4.39 Å². The highest BCUT2D eigenvalue weighted by molar-refractivity contribution is 5.89. The SMILES string of the molecule is COc1cc(F)cc2[nH]cc(CCN(C)C)c12. The van der Waals surface area contributed by atoms with Crippen molar-refractivity contribution < 1.29 is 9.13 Å². The van der Waals surface area contributed by atoms with E-state index in [1.807, 2.05) is 20.3 Å². The predicted octanol–water partition coefficient (Wildman–Crippen LogP) is 2.42. The van der Waals surface area contributed by atoms with E-state index in [1.165, 1.54) is 12.1 Å². The number of rotatable bonds is 4. The van der Waals surface area contributed by atoms with Crippen molar-refractivity contribution in [3.05, 3.63) is 29.7 Å². The van der Waals surface area contributed by atoms with Crippen molar-refractivity contribution >= 4 is 10.9 Å². The van der Waals surface area contributed by atoms with Gasteiger partial charge >= 0.3 is 0 Å². The van der Waals surface area contributed by atoms with Gasteiger partial charge in [-0.3, -0.25) is 0 Å². The van der Waals surface area contributed by atoms with Gasteiger partial charge in [-0.2, -0.15) is 0 Å². The van der Waals surface area contributed by atoms with Gasteiger partial charge in [0.15, 0.2) is 0 Å². The van der Waals surface area contributed by atoms with Gasteiger partial charge in [0.05, 0.1) is 12.6 Å². The Morgan fingerprint density at radius 2 is 2.12 bits per heavy atom. The molecule has 0 aliphatic rings. The molecule has 1 aromatic heterocycles. The van der Waals surface area contributed by atoms with Crippen molar-refractivity contribution in [2.75, 3.05) is 27.7 Å². The van der Waals surface area contributed by atoms with Crippen LogP contribution in [0.1, 0.15) is 5.56 Å². The molecule has 1 N–H and O–H groups in total. The number of nitrogens with one attached hydrogen (secondary N) is 1. The van der Waals surface area contributed by atoms with Gasteiger partial charge in [-0.15, -0.1) is 0 Å². The van der Waals surface area contributed by atoms with Crippen molar-refractivity contribution in [2.45, 2.75) is 6.42 Å². The number of aromatic amines is 1. The van der Waals surface area contributed by atoms with E-state index < -0.39 is 0 Å². The number of likely N-dealkylation sites (N-methyl/N-ethyl adjacent to an activating group) is 1. The summed E-state index contributed by atoms with van der Waals surface area (Å²) in [5.41, 5.74) is 1.95. The summed E-state index contributed by atoms with van der Waals surface area (Å²) < 4.78 is 18.5. The van der Waals surface area contributed by atoms with Crippen LogP contribution in [-0.2, 0) is 6.42 Å². The molecule has 4 heteroatoms. The van der Waals surface area contributed by atoms with Crippen LogP contribution in [0.2, 0.25) is 0 Å². The fraction of sp³-hybridized carbons (Fsp3) is 0.385. The molecule has 0 fully saturated rings. The molecule has 0 aliphatic carbocycles. The summed E-state index contributed by atoms with van der Waals surface area (Å²) >= 11 is 0. The van der Waals surface area contributed by atoms with Gasteiger partial charge in [0.1, 0.15) is 11.6 Å². The molecular formula is C13H17FN2O. The molecule has 0 bridgehead atoms. The Morgan fingerprint density at radius 3 is 2.76 bits per heavy atom. The van der Waals surface area contributed by atoms with Crippen molar-refractivity contribution in [3.8, 4) is 5.75 Å². The average Bonchev–Trinajstić information content (AvgIpc) is 2.68. The summed E-state index contributed by atoms with van der Waals surface area (Å²) in [6.07, 6.45) is 2.84. The topological polar surface area (TPSA) is 28.3 Å². The van der Waals surface area contributed by atoms with E-state index in [1.54, 1.807) is 7.11 Å². The van der Waals surface area contributed by atoms with E-state index in [-0.39, 0.29) is 5.82 Å². The fourth-order valence-corrected chi connectivity index (χ4v) is 1.97. The number of ether oxygens (including phenoxy) is 1. The van der Waals surface area contributed by atoms with Crippen LogP contribution in [0, 0.1) is 5.82 Å². The first-order chi connectivity index (χ1) is 8.11. The molecule has 2 aromatic rings. The van der Waals surface area contributed by atoms with Crippen LogP contribution in [0.15, 0.2) is 18.3 Å².